The van der Waals surface area contributed by atoms with Gasteiger partial charge in [-0.15, -0.1) is 0 Å². The Morgan fingerprint density at radius 1 is 1.62 bits per heavy atom. The van der Waals surface area contributed by atoms with Gasteiger partial charge in [-0.25, -0.2) is 8.42 Å². The highest BCUT2D eigenvalue weighted by Gasteiger charge is 2.29. The molecule has 2 unspecified atom stereocenters. The van der Waals surface area contributed by atoms with Gasteiger partial charge in [-0.1, -0.05) is 0 Å². The lowest BCUT2D eigenvalue weighted by Gasteiger charge is -2.11. The number of hydrogen-bond acceptors (Lipinski definition) is 4. The first-order valence-electron chi connectivity index (χ1n) is 4.09. The van der Waals surface area contributed by atoms with Crippen LogP contribution in [0, 0.1) is 0 Å². The molecule has 1 rings (SSSR count). The van der Waals surface area contributed by atoms with Crippen molar-refractivity contribution in [1.82, 2.24) is 5.32 Å². The topological polar surface area (TPSA) is 83.5 Å². The fraction of sp³-hybridized carbons (Fsp3) is 0.857. The smallest absolute Gasteiger partial charge is 0.248 e. The van der Waals surface area contributed by atoms with Crippen LogP contribution in [0.4, 0.5) is 0 Å². The van der Waals surface area contributed by atoms with Crippen LogP contribution in [0.15, 0.2) is 0 Å². The highest BCUT2D eigenvalue weighted by molar-refractivity contribution is 7.91. The zero-order chi connectivity index (χ0) is 10.1. The van der Waals surface area contributed by atoms with Crippen LogP contribution in [-0.4, -0.2) is 43.1 Å². The minimum Gasteiger partial charge on any atom is -0.384 e. The molecule has 2 N–H and O–H groups in total. The van der Waals surface area contributed by atoms with E-state index in [-0.39, 0.29) is 17.5 Å². The molecule has 1 amide bonds. The fourth-order valence-electron chi connectivity index (χ4n) is 1.23. The molecule has 13 heavy (non-hydrogen) atoms. The quantitative estimate of drug-likeness (QED) is 0.587. The summed E-state index contributed by atoms with van der Waals surface area (Å²) in [6.45, 7) is 1.35. The van der Waals surface area contributed by atoms with E-state index in [1.807, 2.05) is 0 Å². The second-order valence-electron chi connectivity index (χ2n) is 3.28. The first kappa shape index (κ1) is 10.5. The van der Waals surface area contributed by atoms with Gasteiger partial charge in [0.15, 0.2) is 9.84 Å². The van der Waals surface area contributed by atoms with Crippen molar-refractivity contribution in [3.63, 3.8) is 0 Å². The van der Waals surface area contributed by atoms with Gasteiger partial charge < -0.3 is 10.4 Å². The summed E-state index contributed by atoms with van der Waals surface area (Å²) in [6, 6.07) is -0.327. The van der Waals surface area contributed by atoms with Crippen LogP contribution < -0.4 is 5.32 Å². The lowest BCUT2D eigenvalue weighted by atomic mass is 10.2. The molecule has 6 heteroatoms. The molecule has 1 fully saturated rings. The number of sulfone groups is 1. The Balaban J connectivity index is 2.46. The highest BCUT2D eigenvalue weighted by Crippen LogP contribution is 2.11. The van der Waals surface area contributed by atoms with E-state index in [2.05, 4.69) is 5.32 Å². The van der Waals surface area contributed by atoms with E-state index in [1.165, 1.54) is 6.92 Å². The predicted molar refractivity (Wildman–Crippen MR) is 46.9 cm³/mol. The van der Waals surface area contributed by atoms with Gasteiger partial charge >= 0.3 is 0 Å². The number of carbonyl (C=O) groups is 1. The minimum absolute atomic E-state index is 0.00847. The highest BCUT2D eigenvalue weighted by atomic mass is 32.2. The number of aliphatic hydroxyl groups is 1. The van der Waals surface area contributed by atoms with Crippen LogP contribution in [0.3, 0.4) is 0 Å². The monoisotopic (exact) mass is 207 g/mol. The van der Waals surface area contributed by atoms with Gasteiger partial charge in [0.2, 0.25) is 5.91 Å². The molecule has 0 spiro atoms. The van der Waals surface area contributed by atoms with Crippen molar-refractivity contribution in [2.45, 2.75) is 25.5 Å². The molecule has 5 nitrogen and oxygen atoms in total. The molecule has 0 saturated carbocycles. The second-order valence-corrected chi connectivity index (χ2v) is 5.51. The molecule has 0 aromatic heterocycles. The lowest BCUT2D eigenvalue weighted by Crippen LogP contribution is -2.40. The van der Waals surface area contributed by atoms with Gasteiger partial charge in [0.1, 0.15) is 6.10 Å². The molecule has 1 aliphatic rings. The molecule has 76 valence electrons. The van der Waals surface area contributed by atoms with E-state index in [0.717, 1.165) is 0 Å². The SMILES string of the molecule is CC(O)C(=O)NC1CCS(=O)(=O)C1. The summed E-state index contributed by atoms with van der Waals surface area (Å²) in [5.74, 6) is -0.398. The molecule has 0 aliphatic carbocycles. The van der Waals surface area contributed by atoms with E-state index in [9.17, 15) is 13.2 Å². The summed E-state index contributed by atoms with van der Waals surface area (Å²) >= 11 is 0. The minimum atomic E-state index is -2.96. The van der Waals surface area contributed by atoms with Gasteiger partial charge in [-0.3, -0.25) is 4.79 Å². The Kier molecular flexibility index (Phi) is 2.92. The molecule has 2 atom stereocenters. The van der Waals surface area contributed by atoms with Crippen LogP contribution in [0.1, 0.15) is 13.3 Å². The zero-order valence-corrected chi connectivity index (χ0v) is 8.17. The number of hydrogen-bond donors (Lipinski definition) is 2. The Morgan fingerprint density at radius 3 is 2.62 bits per heavy atom. The van der Waals surface area contributed by atoms with Crippen LogP contribution in [0.5, 0.6) is 0 Å². The third-order valence-electron chi connectivity index (χ3n) is 1.96. The predicted octanol–water partition coefficient (Wildman–Crippen LogP) is -1.33. The first-order chi connectivity index (χ1) is 5.91. The van der Waals surface area contributed by atoms with E-state index in [4.69, 9.17) is 5.11 Å². The number of rotatable bonds is 2. The molecule has 1 heterocycles. The standard InChI is InChI=1S/C7H13NO4S/c1-5(9)7(10)8-6-2-3-13(11,12)4-6/h5-6,9H,2-4H2,1H3,(H,8,10). The van der Waals surface area contributed by atoms with Crippen LogP contribution >= 0.6 is 0 Å². The van der Waals surface area contributed by atoms with Crippen LogP contribution in [0.2, 0.25) is 0 Å². The van der Waals surface area contributed by atoms with Gasteiger partial charge in [-0.05, 0) is 13.3 Å². The van der Waals surface area contributed by atoms with E-state index >= 15 is 0 Å². The van der Waals surface area contributed by atoms with Crippen LogP contribution in [0.25, 0.3) is 0 Å². The molecule has 0 radical (unpaired) electrons. The normalized spacial score (nSPS) is 28.3. The first-order valence-corrected chi connectivity index (χ1v) is 5.92. The van der Waals surface area contributed by atoms with E-state index in [1.54, 1.807) is 0 Å². The summed E-state index contributed by atoms with van der Waals surface area (Å²) in [6.07, 6.45) is -0.635. The molecule has 0 aromatic carbocycles. The maximum atomic E-state index is 11.0. The Labute approximate surface area is 77.1 Å². The maximum absolute atomic E-state index is 11.0. The van der Waals surface area contributed by atoms with E-state index < -0.39 is 21.8 Å². The van der Waals surface area contributed by atoms with Crippen molar-refractivity contribution in [3.05, 3.63) is 0 Å². The molecule has 1 saturated heterocycles. The van der Waals surface area contributed by atoms with Gasteiger partial charge in [0, 0.05) is 6.04 Å². The third kappa shape index (κ3) is 2.96. The van der Waals surface area contributed by atoms with E-state index in [0.29, 0.717) is 6.42 Å². The van der Waals surface area contributed by atoms with Crippen molar-refractivity contribution in [3.8, 4) is 0 Å². The van der Waals surface area contributed by atoms with Gasteiger partial charge in [0.25, 0.3) is 0 Å². The number of nitrogens with one attached hydrogen (secondary N) is 1. The Bertz CT molecular complexity index is 296. The van der Waals surface area contributed by atoms with Gasteiger partial charge in [-0.2, -0.15) is 0 Å². The van der Waals surface area contributed by atoms with Crippen molar-refractivity contribution in [2.75, 3.05) is 11.5 Å². The van der Waals surface area contributed by atoms with Crippen molar-refractivity contribution < 1.29 is 18.3 Å². The summed E-state index contributed by atoms with van der Waals surface area (Å²) < 4.78 is 22.0. The molecular weight excluding hydrogens is 194 g/mol. The van der Waals surface area contributed by atoms with Crippen LogP contribution in [-0.2, 0) is 14.6 Å². The fourth-order valence-corrected chi connectivity index (χ4v) is 2.90. The lowest BCUT2D eigenvalue weighted by molar-refractivity contribution is -0.129. The Hall–Kier alpha value is -0.620. The average molecular weight is 207 g/mol. The summed E-state index contributed by atoms with van der Waals surface area (Å²) in [7, 11) is -2.96. The average Bonchev–Trinajstić information content (AvgIpc) is 2.30. The summed E-state index contributed by atoms with van der Waals surface area (Å²) in [5.41, 5.74) is 0. The molecule has 0 aromatic rings. The third-order valence-corrected chi connectivity index (χ3v) is 3.73. The van der Waals surface area contributed by atoms with Crippen molar-refractivity contribution >= 4 is 15.7 Å². The molecule has 1 aliphatic heterocycles. The Morgan fingerprint density at radius 2 is 2.23 bits per heavy atom. The summed E-state index contributed by atoms with van der Waals surface area (Å²) in [5, 5.41) is 11.3. The number of carbonyl (C=O) groups excluding carboxylic acids is 1. The van der Waals surface area contributed by atoms with Gasteiger partial charge in [0.05, 0.1) is 11.5 Å². The van der Waals surface area contributed by atoms with Crippen molar-refractivity contribution in [2.24, 2.45) is 0 Å². The second kappa shape index (κ2) is 3.63. The number of aliphatic hydroxyl groups excluding tert-OH is 1. The van der Waals surface area contributed by atoms with Crippen molar-refractivity contribution in [1.29, 1.82) is 0 Å². The number of amides is 1. The largest absolute Gasteiger partial charge is 0.384 e. The summed E-state index contributed by atoms with van der Waals surface area (Å²) in [4.78, 5) is 11.0. The zero-order valence-electron chi connectivity index (χ0n) is 7.36. The molecular formula is C7H13NO4S. The molecule has 0 bridgehead atoms. The maximum Gasteiger partial charge on any atom is 0.248 e.